The molecule has 7 rings (SSSR count). The van der Waals surface area contributed by atoms with E-state index in [2.05, 4.69) is 15.9 Å². The number of halogens is 3. The number of fused-ring (bicyclic) bond motifs is 4. The summed E-state index contributed by atoms with van der Waals surface area (Å²) in [5.74, 6) is -5.54. The number of amides is 4. The molecule has 3 fully saturated rings. The first-order valence-corrected chi connectivity index (χ1v) is 16.1. The normalized spacial score (nSPS) is 28.6. The topological polar surface area (TPSA) is 104 Å². The number of nitrogens with zero attached hydrogens (tertiary/aromatic N) is 2. The van der Waals surface area contributed by atoms with Crippen LogP contribution in [0.15, 0.2) is 76.8 Å². The maximum Gasteiger partial charge on any atom is 0.241 e. The van der Waals surface area contributed by atoms with Crippen molar-refractivity contribution >= 4 is 56.8 Å². The van der Waals surface area contributed by atoms with Crippen molar-refractivity contribution in [2.45, 2.75) is 32.2 Å². The highest BCUT2D eigenvalue weighted by Gasteiger charge is 2.67. The van der Waals surface area contributed by atoms with Crippen molar-refractivity contribution in [3.05, 3.63) is 98.8 Å². The molecular formula is C35H29BrClFN2O6. The van der Waals surface area contributed by atoms with Crippen LogP contribution in [0.1, 0.15) is 36.8 Å². The summed E-state index contributed by atoms with van der Waals surface area (Å²) >= 11 is 9.48. The minimum atomic E-state index is -1.33. The molecule has 1 saturated carbocycles. The number of aromatic hydroxyl groups is 1. The number of carbonyl (C=O) groups is 4. The number of rotatable bonds is 5. The number of anilines is 1. The minimum Gasteiger partial charge on any atom is -0.503 e. The summed E-state index contributed by atoms with van der Waals surface area (Å²) in [7, 11) is 1.42. The highest BCUT2D eigenvalue weighted by Crippen LogP contribution is 2.64. The molecule has 2 saturated heterocycles. The average Bonchev–Trinajstić information content (AvgIpc) is 3.39. The molecule has 2 heterocycles. The Morgan fingerprint density at radius 1 is 1.02 bits per heavy atom. The highest BCUT2D eigenvalue weighted by atomic mass is 79.9. The third-order valence-electron chi connectivity index (χ3n) is 10.3. The van der Waals surface area contributed by atoms with Gasteiger partial charge in [0.05, 0.1) is 52.0 Å². The molecule has 2 aliphatic heterocycles. The van der Waals surface area contributed by atoms with Gasteiger partial charge in [0.2, 0.25) is 23.6 Å². The van der Waals surface area contributed by atoms with Gasteiger partial charge >= 0.3 is 0 Å². The van der Waals surface area contributed by atoms with E-state index < -0.39 is 52.6 Å². The van der Waals surface area contributed by atoms with Crippen LogP contribution in [-0.4, -0.2) is 40.7 Å². The molecule has 4 amide bonds. The number of hydrogen-bond donors (Lipinski definition) is 1. The lowest BCUT2D eigenvalue weighted by Crippen LogP contribution is -2.48. The molecule has 1 N–H and O–H groups in total. The first-order chi connectivity index (χ1) is 22.0. The molecule has 2 aliphatic carbocycles. The first kappa shape index (κ1) is 30.6. The van der Waals surface area contributed by atoms with E-state index in [1.54, 1.807) is 19.1 Å². The molecule has 0 radical (unpaired) electrons. The predicted molar refractivity (Wildman–Crippen MR) is 170 cm³/mol. The van der Waals surface area contributed by atoms with Crippen LogP contribution in [0, 0.1) is 34.9 Å². The zero-order valence-electron chi connectivity index (χ0n) is 24.9. The quantitative estimate of drug-likeness (QED) is 0.244. The van der Waals surface area contributed by atoms with Gasteiger partial charge in [-0.1, -0.05) is 53.6 Å². The number of hydrogen-bond acceptors (Lipinski definition) is 6. The van der Waals surface area contributed by atoms with Crippen LogP contribution in [0.3, 0.4) is 0 Å². The van der Waals surface area contributed by atoms with Crippen LogP contribution in [-0.2, 0) is 25.7 Å². The predicted octanol–water partition coefficient (Wildman–Crippen LogP) is 6.39. The average molecular weight is 708 g/mol. The van der Waals surface area contributed by atoms with Crippen molar-refractivity contribution < 1.29 is 33.4 Å². The number of carbonyl (C=O) groups excluding carboxylic acids is 4. The van der Waals surface area contributed by atoms with Gasteiger partial charge in [-0.2, -0.15) is 0 Å². The lowest BCUT2D eigenvalue weighted by Gasteiger charge is -2.49. The SMILES string of the molecule is COc1cc([C@H]2C3=CC[C@@H]4C(=O)N(Cc5ccccc5)C(=O)[C@@H]4[C@@H]3C[C@H]3C(=O)N(c4ccc(F)c(Cl)c4)C(=O)[C@@]23C)cc(Br)c1O. The Balaban J connectivity index is 1.36. The number of ether oxygens (including phenoxy) is 1. The molecular weight excluding hydrogens is 679 g/mol. The van der Waals surface area contributed by atoms with Gasteiger partial charge in [-0.3, -0.25) is 24.1 Å². The van der Waals surface area contributed by atoms with E-state index in [9.17, 15) is 28.7 Å². The summed E-state index contributed by atoms with van der Waals surface area (Å²) in [6.45, 7) is 1.89. The van der Waals surface area contributed by atoms with Crippen molar-refractivity contribution in [1.29, 1.82) is 0 Å². The van der Waals surface area contributed by atoms with Crippen LogP contribution in [0.4, 0.5) is 10.1 Å². The van der Waals surface area contributed by atoms with Gasteiger partial charge in [0.25, 0.3) is 0 Å². The summed E-state index contributed by atoms with van der Waals surface area (Å²) in [6.07, 6.45) is 2.43. The number of allylic oxidation sites excluding steroid dienone is 2. The van der Waals surface area contributed by atoms with E-state index in [1.807, 2.05) is 36.4 Å². The second-order valence-electron chi connectivity index (χ2n) is 12.6. The Hall–Kier alpha value is -4.02. The maximum atomic E-state index is 14.6. The molecule has 0 unspecified atom stereocenters. The van der Waals surface area contributed by atoms with Crippen molar-refractivity contribution in [3.63, 3.8) is 0 Å². The molecule has 11 heteroatoms. The molecule has 0 spiro atoms. The number of likely N-dealkylation sites (tertiary alicyclic amines) is 1. The van der Waals surface area contributed by atoms with Gasteiger partial charge in [0.1, 0.15) is 5.82 Å². The lowest BCUT2D eigenvalue weighted by atomic mass is 9.51. The third-order valence-corrected chi connectivity index (χ3v) is 11.2. The Morgan fingerprint density at radius 2 is 1.76 bits per heavy atom. The molecule has 3 aromatic carbocycles. The van der Waals surface area contributed by atoms with Gasteiger partial charge in [0, 0.05) is 5.92 Å². The summed E-state index contributed by atoms with van der Waals surface area (Å²) in [4.78, 5) is 59.1. The van der Waals surface area contributed by atoms with Crippen LogP contribution in [0.2, 0.25) is 5.02 Å². The largest absolute Gasteiger partial charge is 0.503 e. The molecule has 4 aliphatic rings. The van der Waals surface area contributed by atoms with Crippen molar-refractivity contribution in [2.75, 3.05) is 12.0 Å². The highest BCUT2D eigenvalue weighted by molar-refractivity contribution is 9.10. The number of methoxy groups -OCH3 is 1. The van der Waals surface area contributed by atoms with Crippen LogP contribution >= 0.6 is 27.5 Å². The number of imide groups is 2. The third kappa shape index (κ3) is 4.36. The molecule has 236 valence electrons. The fourth-order valence-electron chi connectivity index (χ4n) is 8.17. The van der Waals surface area contributed by atoms with E-state index in [4.69, 9.17) is 16.3 Å². The lowest BCUT2D eigenvalue weighted by molar-refractivity contribution is -0.141. The Kier molecular flexibility index (Phi) is 7.36. The van der Waals surface area contributed by atoms with Gasteiger partial charge in [0.15, 0.2) is 11.5 Å². The standard InChI is InChI=1S/C35H29BrClFN2O6/c1-35-23(32(43)40(34(35)45)19-8-11-26(38)25(37)14-19)15-22-20(29(35)18-12-24(36)30(41)27(13-18)46-2)9-10-21-28(22)33(44)39(31(21)42)16-17-6-4-3-5-7-17/h3-9,11-14,21-23,28-29,41H,10,15-16H2,1-2H3/t21-,22+,23-,28-,29-,35+/m0/s1. The molecule has 6 atom stereocenters. The number of phenolic OH excluding ortho intramolecular Hbond substituents is 1. The first-order valence-electron chi connectivity index (χ1n) is 15.0. The molecule has 46 heavy (non-hydrogen) atoms. The van der Waals surface area contributed by atoms with E-state index in [-0.39, 0.29) is 47.0 Å². The number of benzene rings is 3. The van der Waals surface area contributed by atoms with Gasteiger partial charge in [-0.25, -0.2) is 9.29 Å². The van der Waals surface area contributed by atoms with E-state index in [0.29, 0.717) is 16.5 Å². The van der Waals surface area contributed by atoms with Gasteiger partial charge in [-0.05, 0) is 83.1 Å². The zero-order valence-corrected chi connectivity index (χ0v) is 27.2. The maximum absolute atomic E-state index is 14.6. The Labute approximate surface area is 277 Å². The van der Waals surface area contributed by atoms with Crippen LogP contribution < -0.4 is 9.64 Å². The van der Waals surface area contributed by atoms with Crippen LogP contribution in [0.25, 0.3) is 0 Å². The molecule has 8 nitrogen and oxygen atoms in total. The van der Waals surface area contributed by atoms with E-state index in [1.165, 1.54) is 24.1 Å². The smallest absolute Gasteiger partial charge is 0.241 e. The monoisotopic (exact) mass is 706 g/mol. The Morgan fingerprint density at radius 3 is 2.46 bits per heavy atom. The second-order valence-corrected chi connectivity index (χ2v) is 13.8. The molecule has 0 aromatic heterocycles. The summed E-state index contributed by atoms with van der Waals surface area (Å²) < 4.78 is 19.9. The molecule has 3 aromatic rings. The molecule has 0 bridgehead atoms. The van der Waals surface area contributed by atoms with E-state index in [0.717, 1.165) is 22.1 Å². The summed E-state index contributed by atoms with van der Waals surface area (Å²) in [6, 6.07) is 16.3. The van der Waals surface area contributed by atoms with E-state index >= 15 is 0 Å². The Bertz CT molecular complexity index is 1870. The van der Waals surface area contributed by atoms with Crippen LogP contribution in [0.5, 0.6) is 11.5 Å². The van der Waals surface area contributed by atoms with Crippen molar-refractivity contribution in [1.82, 2.24) is 4.90 Å². The number of phenols is 1. The summed E-state index contributed by atoms with van der Waals surface area (Å²) in [5.41, 5.74) is 1.04. The van der Waals surface area contributed by atoms with Gasteiger partial charge < -0.3 is 9.84 Å². The summed E-state index contributed by atoms with van der Waals surface area (Å²) in [5, 5.41) is 10.4. The van der Waals surface area contributed by atoms with Crippen molar-refractivity contribution in [3.8, 4) is 11.5 Å². The van der Waals surface area contributed by atoms with Gasteiger partial charge in [-0.15, -0.1) is 0 Å². The zero-order chi connectivity index (χ0) is 32.7. The fourth-order valence-corrected chi connectivity index (χ4v) is 8.80. The minimum absolute atomic E-state index is 0.123. The fraction of sp³-hybridized carbons (Fsp3) is 0.314. The van der Waals surface area contributed by atoms with Crippen molar-refractivity contribution in [2.24, 2.45) is 29.1 Å². The second kappa shape index (κ2) is 11.1.